The van der Waals surface area contributed by atoms with Gasteiger partial charge < -0.3 is 14.8 Å². The molecule has 19 heavy (non-hydrogen) atoms. The van der Waals surface area contributed by atoms with Gasteiger partial charge in [0.15, 0.2) is 0 Å². The predicted molar refractivity (Wildman–Crippen MR) is 76.6 cm³/mol. The molecule has 2 unspecified atom stereocenters. The van der Waals surface area contributed by atoms with Crippen LogP contribution in [0.1, 0.15) is 29.6 Å². The van der Waals surface area contributed by atoms with Gasteiger partial charge in [0.25, 0.3) is 5.91 Å². The number of hydrogen-bond acceptors (Lipinski definition) is 3. The molecule has 1 aliphatic rings. The van der Waals surface area contributed by atoms with Crippen LogP contribution in [0.3, 0.4) is 0 Å². The van der Waals surface area contributed by atoms with Crippen molar-refractivity contribution < 1.29 is 14.3 Å². The highest BCUT2D eigenvalue weighted by Crippen LogP contribution is 2.26. The minimum absolute atomic E-state index is 0.0719. The smallest absolute Gasteiger partial charge is 0.251 e. The molecule has 0 spiro atoms. The summed E-state index contributed by atoms with van der Waals surface area (Å²) in [4.78, 5) is 12.2. The Bertz CT molecular complexity index is 464. The van der Waals surface area contributed by atoms with Gasteiger partial charge in [0.05, 0.1) is 23.7 Å². The molecule has 0 aliphatic heterocycles. The molecule has 1 N–H and O–H groups in total. The van der Waals surface area contributed by atoms with Crippen LogP contribution in [0.15, 0.2) is 22.7 Å². The molecule has 1 aromatic carbocycles. The van der Waals surface area contributed by atoms with E-state index in [1.165, 1.54) is 0 Å². The van der Waals surface area contributed by atoms with Gasteiger partial charge in [0, 0.05) is 12.7 Å². The Morgan fingerprint density at radius 1 is 1.37 bits per heavy atom. The van der Waals surface area contributed by atoms with E-state index in [-0.39, 0.29) is 18.1 Å². The number of amides is 1. The molecule has 1 fully saturated rings. The van der Waals surface area contributed by atoms with E-state index in [1.54, 1.807) is 32.4 Å². The number of hydrogen-bond donors (Lipinski definition) is 1. The van der Waals surface area contributed by atoms with Gasteiger partial charge in [0.2, 0.25) is 0 Å². The summed E-state index contributed by atoms with van der Waals surface area (Å²) < 4.78 is 11.3. The number of benzene rings is 1. The standard InChI is InChI=1S/C14H18BrNO3/c1-18-12-7-6-9(8-10(12)15)14(17)16-11-4-3-5-13(11)19-2/h6-8,11,13H,3-5H2,1-2H3,(H,16,17). The molecule has 0 radical (unpaired) electrons. The monoisotopic (exact) mass is 327 g/mol. The van der Waals surface area contributed by atoms with E-state index in [0.717, 1.165) is 23.7 Å². The van der Waals surface area contributed by atoms with E-state index in [1.807, 2.05) is 0 Å². The molecule has 104 valence electrons. The molecule has 2 atom stereocenters. The zero-order valence-corrected chi connectivity index (χ0v) is 12.7. The second-order valence-electron chi connectivity index (χ2n) is 4.63. The summed E-state index contributed by atoms with van der Waals surface area (Å²) in [5.74, 6) is 0.643. The minimum atomic E-state index is -0.0719. The zero-order valence-electron chi connectivity index (χ0n) is 11.1. The minimum Gasteiger partial charge on any atom is -0.496 e. The normalized spacial score (nSPS) is 22.3. The largest absolute Gasteiger partial charge is 0.496 e. The summed E-state index contributed by atoms with van der Waals surface area (Å²) in [7, 11) is 3.29. The molecule has 4 nitrogen and oxygen atoms in total. The Hall–Kier alpha value is -1.07. The Labute approximate surface area is 121 Å². The van der Waals surface area contributed by atoms with Crippen LogP contribution in [-0.2, 0) is 4.74 Å². The van der Waals surface area contributed by atoms with Gasteiger partial charge in [-0.05, 0) is 53.4 Å². The number of methoxy groups -OCH3 is 2. The van der Waals surface area contributed by atoms with E-state index in [9.17, 15) is 4.79 Å². The summed E-state index contributed by atoms with van der Waals surface area (Å²) in [5, 5.41) is 3.04. The van der Waals surface area contributed by atoms with E-state index >= 15 is 0 Å². The third kappa shape index (κ3) is 3.28. The lowest BCUT2D eigenvalue weighted by Crippen LogP contribution is -2.40. The fraction of sp³-hybridized carbons (Fsp3) is 0.500. The second kappa shape index (κ2) is 6.39. The van der Waals surface area contributed by atoms with Gasteiger partial charge in [-0.1, -0.05) is 0 Å². The van der Waals surface area contributed by atoms with Crippen molar-refractivity contribution in [1.29, 1.82) is 0 Å². The van der Waals surface area contributed by atoms with Crippen LogP contribution in [0.25, 0.3) is 0 Å². The highest BCUT2D eigenvalue weighted by molar-refractivity contribution is 9.10. The van der Waals surface area contributed by atoms with Gasteiger partial charge in [-0.25, -0.2) is 0 Å². The summed E-state index contributed by atoms with van der Waals surface area (Å²) in [6, 6.07) is 5.42. The van der Waals surface area contributed by atoms with Crippen molar-refractivity contribution in [3.63, 3.8) is 0 Å². The Morgan fingerprint density at radius 3 is 2.79 bits per heavy atom. The molecule has 0 heterocycles. The lowest BCUT2D eigenvalue weighted by Gasteiger charge is -2.19. The first kappa shape index (κ1) is 14.3. The molecule has 0 saturated heterocycles. The van der Waals surface area contributed by atoms with Crippen LogP contribution < -0.4 is 10.1 Å². The van der Waals surface area contributed by atoms with Crippen LogP contribution >= 0.6 is 15.9 Å². The maximum absolute atomic E-state index is 12.2. The van der Waals surface area contributed by atoms with Gasteiger partial charge in [-0.15, -0.1) is 0 Å². The molecule has 0 aromatic heterocycles. The number of rotatable bonds is 4. The average Bonchev–Trinajstić information content (AvgIpc) is 2.85. The molecular weight excluding hydrogens is 310 g/mol. The number of carbonyl (C=O) groups is 1. The fourth-order valence-corrected chi connectivity index (χ4v) is 2.97. The highest BCUT2D eigenvalue weighted by atomic mass is 79.9. The summed E-state index contributed by atoms with van der Waals surface area (Å²) in [5.41, 5.74) is 0.620. The molecule has 1 amide bonds. The first-order valence-electron chi connectivity index (χ1n) is 6.33. The Morgan fingerprint density at radius 2 is 2.16 bits per heavy atom. The SMILES string of the molecule is COc1ccc(C(=O)NC2CCCC2OC)cc1Br. The molecule has 5 heteroatoms. The number of nitrogens with one attached hydrogen (secondary N) is 1. The van der Waals surface area contributed by atoms with Gasteiger partial charge in [-0.3, -0.25) is 4.79 Å². The predicted octanol–water partition coefficient (Wildman–Crippen LogP) is 2.76. The van der Waals surface area contributed by atoms with Crippen molar-refractivity contribution in [3.05, 3.63) is 28.2 Å². The van der Waals surface area contributed by atoms with Crippen LogP contribution in [0.2, 0.25) is 0 Å². The molecule has 2 rings (SSSR count). The second-order valence-corrected chi connectivity index (χ2v) is 5.49. The van der Waals surface area contributed by atoms with Gasteiger partial charge in [0.1, 0.15) is 5.75 Å². The molecule has 1 saturated carbocycles. The Kier molecular flexibility index (Phi) is 4.82. The van der Waals surface area contributed by atoms with Crippen LogP contribution in [0.4, 0.5) is 0 Å². The molecule has 0 bridgehead atoms. The quantitative estimate of drug-likeness (QED) is 0.925. The summed E-state index contributed by atoms with van der Waals surface area (Å²) in [6.07, 6.45) is 3.20. The van der Waals surface area contributed by atoms with E-state index in [4.69, 9.17) is 9.47 Å². The zero-order chi connectivity index (χ0) is 13.8. The maximum Gasteiger partial charge on any atom is 0.251 e. The van der Waals surface area contributed by atoms with Crippen molar-refractivity contribution in [2.45, 2.75) is 31.4 Å². The van der Waals surface area contributed by atoms with Crippen molar-refractivity contribution >= 4 is 21.8 Å². The third-order valence-corrected chi connectivity index (χ3v) is 4.11. The number of ether oxygens (including phenoxy) is 2. The van der Waals surface area contributed by atoms with E-state index in [0.29, 0.717) is 11.3 Å². The van der Waals surface area contributed by atoms with Crippen molar-refractivity contribution in [2.24, 2.45) is 0 Å². The van der Waals surface area contributed by atoms with Crippen molar-refractivity contribution in [1.82, 2.24) is 5.32 Å². The topological polar surface area (TPSA) is 47.6 Å². The lowest BCUT2D eigenvalue weighted by molar-refractivity contribution is 0.0722. The van der Waals surface area contributed by atoms with E-state index in [2.05, 4.69) is 21.2 Å². The lowest BCUT2D eigenvalue weighted by atomic mass is 10.1. The van der Waals surface area contributed by atoms with E-state index < -0.39 is 0 Å². The van der Waals surface area contributed by atoms with Crippen molar-refractivity contribution in [2.75, 3.05) is 14.2 Å². The molecule has 1 aromatic rings. The Balaban J connectivity index is 2.05. The molecular formula is C14H18BrNO3. The van der Waals surface area contributed by atoms with Crippen LogP contribution in [-0.4, -0.2) is 32.3 Å². The number of carbonyl (C=O) groups excluding carboxylic acids is 1. The van der Waals surface area contributed by atoms with Gasteiger partial charge >= 0.3 is 0 Å². The van der Waals surface area contributed by atoms with Crippen LogP contribution in [0, 0.1) is 0 Å². The van der Waals surface area contributed by atoms with Gasteiger partial charge in [-0.2, -0.15) is 0 Å². The van der Waals surface area contributed by atoms with Crippen molar-refractivity contribution in [3.8, 4) is 5.75 Å². The third-order valence-electron chi connectivity index (χ3n) is 3.49. The first-order chi connectivity index (χ1) is 9.15. The summed E-state index contributed by atoms with van der Waals surface area (Å²) in [6.45, 7) is 0. The fourth-order valence-electron chi connectivity index (χ4n) is 2.43. The average molecular weight is 328 g/mol. The highest BCUT2D eigenvalue weighted by Gasteiger charge is 2.28. The number of halogens is 1. The van der Waals surface area contributed by atoms with Crippen LogP contribution in [0.5, 0.6) is 5.75 Å². The first-order valence-corrected chi connectivity index (χ1v) is 7.12. The molecule has 1 aliphatic carbocycles. The summed E-state index contributed by atoms with van der Waals surface area (Å²) >= 11 is 3.38. The maximum atomic E-state index is 12.2.